The maximum Gasteiger partial charge on any atom is 0.160 e. The first-order chi connectivity index (χ1) is 27.2. The molecule has 55 heavy (non-hydrogen) atoms. The van der Waals surface area contributed by atoms with Crippen molar-refractivity contribution in [1.29, 1.82) is 0 Å². The van der Waals surface area contributed by atoms with Crippen LogP contribution in [-0.2, 0) is 0 Å². The number of nitrogens with zero attached hydrogens (tertiary/aromatic N) is 2. The lowest BCUT2D eigenvalue weighted by Crippen LogP contribution is -2.12. The second kappa shape index (κ2) is 13.5. The Morgan fingerprint density at radius 2 is 1.29 bits per heavy atom. The highest BCUT2D eigenvalue weighted by molar-refractivity contribution is 8.04. The Kier molecular flexibility index (Phi) is 8.02. The first kappa shape index (κ1) is 32.6. The highest BCUT2D eigenvalue weighted by atomic mass is 32.2. The standard InChI is InChI=1S/C52H40N2S/c1-3-13-33(14-4-1)47-32-48(54-52(53-47)34-15-5-2-6-16-34)38-18-11-17-37(29-38)39-22-12-23-44-40-19-7-8-20-41(40)46-30-35(26-28-45(46)51(39)44)36-25-27-43-42-21-9-10-24-49(42)55-50(43)31-36/h2,5-13,15-24,26,28-32,42,49H,1,3-4,14,25,27H2. The Hall–Kier alpha value is -5.77. The van der Waals surface area contributed by atoms with Crippen LogP contribution in [0.3, 0.4) is 0 Å². The molecule has 3 aliphatic carbocycles. The van der Waals surface area contributed by atoms with Gasteiger partial charge in [0.15, 0.2) is 5.82 Å². The van der Waals surface area contributed by atoms with Gasteiger partial charge in [-0.25, -0.2) is 9.97 Å². The first-order valence-electron chi connectivity index (χ1n) is 19.8. The molecule has 0 amide bonds. The number of hydrogen-bond donors (Lipinski definition) is 0. The van der Waals surface area contributed by atoms with Crippen molar-refractivity contribution >= 4 is 55.2 Å². The summed E-state index contributed by atoms with van der Waals surface area (Å²) in [4.78, 5) is 11.8. The number of fused-ring (bicyclic) bond motifs is 8. The molecule has 264 valence electrons. The Morgan fingerprint density at radius 3 is 2.18 bits per heavy atom. The van der Waals surface area contributed by atoms with E-state index in [1.165, 1.54) is 77.9 Å². The van der Waals surface area contributed by atoms with E-state index in [0.717, 1.165) is 54.0 Å². The zero-order chi connectivity index (χ0) is 36.3. The zero-order valence-electron chi connectivity index (χ0n) is 30.7. The molecule has 2 nitrogen and oxygen atoms in total. The summed E-state index contributed by atoms with van der Waals surface area (Å²) in [6.07, 6.45) is 21.0. The molecule has 0 saturated heterocycles. The third-order valence-electron chi connectivity index (χ3n) is 12.1. The van der Waals surface area contributed by atoms with Gasteiger partial charge >= 0.3 is 0 Å². The maximum atomic E-state index is 5.20. The Bertz CT molecular complexity index is 2850. The normalized spacial score (nSPS) is 19.1. The van der Waals surface area contributed by atoms with E-state index in [1.54, 1.807) is 5.57 Å². The molecule has 7 aromatic rings. The van der Waals surface area contributed by atoms with Gasteiger partial charge in [0.25, 0.3) is 0 Å². The highest BCUT2D eigenvalue weighted by Gasteiger charge is 2.34. The van der Waals surface area contributed by atoms with E-state index in [0.29, 0.717) is 11.2 Å². The van der Waals surface area contributed by atoms with Gasteiger partial charge in [-0.1, -0.05) is 134 Å². The summed E-state index contributed by atoms with van der Waals surface area (Å²) in [6, 6.07) is 44.6. The minimum absolute atomic E-state index is 0.547. The molecule has 1 aromatic heterocycles. The summed E-state index contributed by atoms with van der Waals surface area (Å²) in [7, 11) is 0. The van der Waals surface area contributed by atoms with Gasteiger partial charge in [0.05, 0.1) is 11.4 Å². The van der Waals surface area contributed by atoms with Gasteiger partial charge in [-0.3, -0.25) is 0 Å². The number of aromatic nitrogens is 2. The van der Waals surface area contributed by atoms with Crippen LogP contribution in [0.4, 0.5) is 0 Å². The van der Waals surface area contributed by atoms with E-state index in [9.17, 15) is 0 Å². The molecule has 3 heteroatoms. The molecule has 6 aromatic carbocycles. The second-order valence-electron chi connectivity index (χ2n) is 15.4. The SMILES string of the molecule is C1=CC2SC3=C(CCC(c4ccc5c(c4)c4ccccc4c4cccc(-c6cccc(-c7cc(C8=CCCCC8)nc(-c8ccccc8)n7)c6)c45)=C3)C2C=C1. The predicted octanol–water partition coefficient (Wildman–Crippen LogP) is 14.2. The molecule has 0 N–H and O–H groups in total. The lowest BCUT2D eigenvalue weighted by atomic mass is 9.83. The van der Waals surface area contributed by atoms with Crippen LogP contribution < -0.4 is 0 Å². The lowest BCUT2D eigenvalue weighted by Gasteiger charge is -2.21. The van der Waals surface area contributed by atoms with E-state index >= 15 is 0 Å². The number of benzene rings is 6. The van der Waals surface area contributed by atoms with Crippen molar-refractivity contribution in [1.82, 2.24) is 9.97 Å². The molecule has 11 rings (SSSR count). The van der Waals surface area contributed by atoms with Crippen LogP contribution in [0.15, 0.2) is 168 Å². The largest absolute Gasteiger partial charge is 0.228 e. The Balaban J connectivity index is 1.06. The molecule has 2 unspecified atom stereocenters. The van der Waals surface area contributed by atoms with Gasteiger partial charge in [0.2, 0.25) is 0 Å². The minimum Gasteiger partial charge on any atom is -0.228 e. The number of rotatable bonds is 5. The van der Waals surface area contributed by atoms with E-state index in [2.05, 4.69) is 158 Å². The number of allylic oxidation sites excluding steroid dienone is 8. The minimum atomic E-state index is 0.547. The van der Waals surface area contributed by atoms with Gasteiger partial charge in [0, 0.05) is 27.2 Å². The fourth-order valence-corrected chi connectivity index (χ4v) is 10.8. The van der Waals surface area contributed by atoms with Crippen LogP contribution in [-0.4, -0.2) is 15.2 Å². The third-order valence-corrected chi connectivity index (χ3v) is 13.5. The molecular formula is C52H40N2S. The Morgan fingerprint density at radius 1 is 0.527 bits per heavy atom. The summed E-state index contributed by atoms with van der Waals surface area (Å²) in [5, 5.41) is 8.36. The van der Waals surface area contributed by atoms with Crippen LogP contribution in [0, 0.1) is 5.92 Å². The van der Waals surface area contributed by atoms with Crippen LogP contribution in [0.5, 0.6) is 0 Å². The van der Waals surface area contributed by atoms with Crippen LogP contribution >= 0.6 is 11.8 Å². The van der Waals surface area contributed by atoms with Crippen molar-refractivity contribution < 1.29 is 0 Å². The summed E-state index contributed by atoms with van der Waals surface area (Å²) >= 11 is 2.05. The van der Waals surface area contributed by atoms with Crippen molar-refractivity contribution in [3.05, 3.63) is 180 Å². The fraction of sp³-hybridized carbons (Fsp3) is 0.154. The fourth-order valence-electron chi connectivity index (χ4n) is 9.38. The average molecular weight is 725 g/mol. The van der Waals surface area contributed by atoms with Gasteiger partial charge in [-0.2, -0.15) is 0 Å². The molecule has 2 heterocycles. The quantitative estimate of drug-likeness (QED) is 0.165. The van der Waals surface area contributed by atoms with Gasteiger partial charge < -0.3 is 0 Å². The zero-order valence-corrected chi connectivity index (χ0v) is 31.5. The Labute approximate surface area is 326 Å². The average Bonchev–Trinajstić information content (AvgIpc) is 3.64. The molecule has 0 saturated carbocycles. The van der Waals surface area contributed by atoms with E-state index < -0.39 is 0 Å². The molecule has 0 radical (unpaired) electrons. The summed E-state index contributed by atoms with van der Waals surface area (Å²) in [5.41, 5.74) is 12.4. The van der Waals surface area contributed by atoms with E-state index in [-0.39, 0.29) is 0 Å². The summed E-state index contributed by atoms with van der Waals surface area (Å²) in [5.74, 6) is 1.34. The summed E-state index contributed by atoms with van der Waals surface area (Å²) in [6.45, 7) is 0. The smallest absolute Gasteiger partial charge is 0.160 e. The molecule has 2 atom stereocenters. The van der Waals surface area contributed by atoms with Gasteiger partial charge in [-0.15, -0.1) is 11.8 Å². The highest BCUT2D eigenvalue weighted by Crippen LogP contribution is 2.51. The molecular weight excluding hydrogens is 685 g/mol. The molecule has 4 aliphatic rings. The van der Waals surface area contributed by atoms with Crippen molar-refractivity contribution in [3.8, 4) is 33.8 Å². The lowest BCUT2D eigenvalue weighted by molar-refractivity contribution is 0.739. The molecule has 1 aliphatic heterocycles. The number of thioether (sulfide) groups is 1. The first-order valence-corrected chi connectivity index (χ1v) is 20.7. The van der Waals surface area contributed by atoms with E-state index in [4.69, 9.17) is 9.97 Å². The summed E-state index contributed by atoms with van der Waals surface area (Å²) < 4.78 is 0. The predicted molar refractivity (Wildman–Crippen MR) is 235 cm³/mol. The van der Waals surface area contributed by atoms with E-state index in [1.807, 2.05) is 11.8 Å². The molecule has 0 bridgehead atoms. The van der Waals surface area contributed by atoms with Crippen LogP contribution in [0.2, 0.25) is 0 Å². The monoisotopic (exact) mass is 724 g/mol. The number of hydrogen-bond acceptors (Lipinski definition) is 3. The van der Waals surface area contributed by atoms with Crippen molar-refractivity contribution in [3.63, 3.8) is 0 Å². The second-order valence-corrected chi connectivity index (χ2v) is 16.6. The van der Waals surface area contributed by atoms with Crippen molar-refractivity contribution in [2.45, 2.75) is 43.8 Å². The van der Waals surface area contributed by atoms with Crippen LogP contribution in [0.25, 0.3) is 77.2 Å². The topological polar surface area (TPSA) is 25.8 Å². The van der Waals surface area contributed by atoms with Gasteiger partial charge in [-0.05, 0) is 129 Å². The molecule has 0 spiro atoms. The van der Waals surface area contributed by atoms with Crippen molar-refractivity contribution in [2.75, 3.05) is 0 Å². The van der Waals surface area contributed by atoms with Crippen LogP contribution in [0.1, 0.15) is 49.8 Å². The third kappa shape index (κ3) is 5.72. The van der Waals surface area contributed by atoms with Crippen molar-refractivity contribution in [2.24, 2.45) is 5.92 Å². The maximum absolute atomic E-state index is 5.20. The van der Waals surface area contributed by atoms with Gasteiger partial charge in [0.1, 0.15) is 0 Å². The molecule has 0 fully saturated rings.